The second kappa shape index (κ2) is 7.98. The molecule has 1 aromatic carbocycles. The number of likely N-dealkylation sites (tertiary alicyclic amines) is 1. The van der Waals surface area contributed by atoms with Crippen LogP contribution in [0.25, 0.3) is 0 Å². The molecule has 0 aromatic heterocycles. The Balaban J connectivity index is 1.88. The van der Waals surface area contributed by atoms with E-state index in [4.69, 9.17) is 4.74 Å². The maximum atomic E-state index is 13.3. The minimum atomic E-state index is -0.549. The molecule has 0 radical (unpaired) electrons. The van der Waals surface area contributed by atoms with Crippen molar-refractivity contribution in [1.29, 1.82) is 0 Å². The molecular formula is C20H27N3O4. The van der Waals surface area contributed by atoms with Crippen LogP contribution in [0, 0.1) is 11.8 Å². The fourth-order valence-corrected chi connectivity index (χ4v) is 3.86. The fourth-order valence-electron chi connectivity index (χ4n) is 3.86. The van der Waals surface area contributed by atoms with Gasteiger partial charge in [-0.3, -0.25) is 9.59 Å². The lowest BCUT2D eigenvalue weighted by molar-refractivity contribution is -0.144. The second-order valence-electron chi connectivity index (χ2n) is 7.34. The van der Waals surface area contributed by atoms with Gasteiger partial charge in [0.15, 0.2) is 0 Å². The number of esters is 1. The number of fused-ring (bicyclic) bond motifs is 1. The largest absolute Gasteiger partial charge is 0.469 e. The summed E-state index contributed by atoms with van der Waals surface area (Å²) in [5, 5.41) is 2.97. The van der Waals surface area contributed by atoms with Crippen LogP contribution >= 0.6 is 0 Å². The van der Waals surface area contributed by atoms with E-state index in [1.807, 2.05) is 38.1 Å². The summed E-state index contributed by atoms with van der Waals surface area (Å²) in [6.45, 7) is 5.19. The van der Waals surface area contributed by atoms with E-state index in [1.165, 1.54) is 7.11 Å². The van der Waals surface area contributed by atoms with Crippen molar-refractivity contribution >= 4 is 23.6 Å². The van der Waals surface area contributed by atoms with Crippen molar-refractivity contribution in [3.8, 4) is 0 Å². The van der Waals surface area contributed by atoms with Crippen molar-refractivity contribution in [2.75, 3.05) is 25.5 Å². The fraction of sp³-hybridized carbons (Fsp3) is 0.550. The number of rotatable bonds is 3. The summed E-state index contributed by atoms with van der Waals surface area (Å²) in [5.74, 6) is -0.731. The molecule has 3 rings (SSSR count). The van der Waals surface area contributed by atoms with E-state index in [2.05, 4.69) is 5.32 Å². The molecule has 1 N–H and O–H groups in total. The Morgan fingerprint density at radius 1 is 1.33 bits per heavy atom. The number of nitrogens with zero attached hydrogens (tertiary/aromatic N) is 2. The zero-order valence-electron chi connectivity index (χ0n) is 16.1. The van der Waals surface area contributed by atoms with Gasteiger partial charge in [-0.25, -0.2) is 4.79 Å². The monoisotopic (exact) mass is 373 g/mol. The lowest BCUT2D eigenvalue weighted by Crippen LogP contribution is -2.53. The molecule has 7 heteroatoms. The van der Waals surface area contributed by atoms with E-state index in [0.29, 0.717) is 26.1 Å². The molecule has 2 aliphatic heterocycles. The summed E-state index contributed by atoms with van der Waals surface area (Å²) in [5.41, 5.74) is 1.66. The smallest absolute Gasteiger partial charge is 0.321 e. The maximum Gasteiger partial charge on any atom is 0.321 e. The van der Waals surface area contributed by atoms with Crippen LogP contribution in [0.1, 0.15) is 32.3 Å². The highest BCUT2D eigenvalue weighted by Crippen LogP contribution is 2.29. The average Bonchev–Trinajstić information content (AvgIpc) is 3.11. The standard InChI is InChI=1S/C20H27N3O4/c1-4-13(2)17-18(24)21-16-8-6-5-7-14(16)12-23(17)20(26)22-10-9-15(11-22)19(25)27-3/h5-8,13,15,17H,4,9-12H2,1-3H3,(H,21,24)/t13-,15-,17-/m0/s1. The van der Waals surface area contributed by atoms with Crippen LogP contribution in [0.5, 0.6) is 0 Å². The van der Waals surface area contributed by atoms with Gasteiger partial charge in [0.05, 0.1) is 19.6 Å². The first kappa shape index (κ1) is 19.2. The normalized spacial score (nSPS) is 23.3. The molecule has 1 fully saturated rings. The SMILES string of the molecule is CC[C@H](C)[C@H]1C(=O)Nc2ccccc2CN1C(=O)N1CC[C@H](C(=O)OC)C1. The number of nitrogens with one attached hydrogen (secondary N) is 1. The molecular weight excluding hydrogens is 346 g/mol. The molecule has 7 nitrogen and oxygen atoms in total. The number of urea groups is 1. The Labute approximate surface area is 159 Å². The molecule has 1 aromatic rings. The van der Waals surface area contributed by atoms with Gasteiger partial charge >= 0.3 is 12.0 Å². The molecule has 146 valence electrons. The molecule has 0 spiro atoms. The topological polar surface area (TPSA) is 79.0 Å². The first-order chi connectivity index (χ1) is 13.0. The van der Waals surface area contributed by atoms with Crippen LogP contribution in [0.15, 0.2) is 24.3 Å². The number of benzene rings is 1. The number of ether oxygens (including phenoxy) is 1. The van der Waals surface area contributed by atoms with Crippen LogP contribution in [0.3, 0.4) is 0 Å². The molecule has 0 bridgehead atoms. The summed E-state index contributed by atoms with van der Waals surface area (Å²) in [4.78, 5) is 41.4. The number of para-hydroxylation sites is 1. The van der Waals surface area contributed by atoms with Crippen LogP contribution in [0.4, 0.5) is 10.5 Å². The number of hydrogen-bond donors (Lipinski definition) is 1. The molecule has 2 aliphatic rings. The summed E-state index contributed by atoms with van der Waals surface area (Å²) in [6, 6.07) is 6.82. The average molecular weight is 373 g/mol. The van der Waals surface area contributed by atoms with Gasteiger partial charge in [-0.05, 0) is 24.0 Å². The molecule has 3 atom stereocenters. The second-order valence-corrected chi connectivity index (χ2v) is 7.34. The van der Waals surface area contributed by atoms with Gasteiger partial charge in [-0.1, -0.05) is 38.5 Å². The van der Waals surface area contributed by atoms with E-state index >= 15 is 0 Å². The van der Waals surface area contributed by atoms with Crippen molar-refractivity contribution in [2.24, 2.45) is 11.8 Å². The van der Waals surface area contributed by atoms with Gasteiger partial charge in [-0.15, -0.1) is 0 Å². The van der Waals surface area contributed by atoms with Crippen LogP contribution in [-0.4, -0.2) is 53.9 Å². The number of amides is 3. The Kier molecular flexibility index (Phi) is 5.68. The predicted octanol–water partition coefficient (Wildman–Crippen LogP) is 2.47. The maximum absolute atomic E-state index is 13.3. The molecule has 0 saturated carbocycles. The van der Waals surface area contributed by atoms with Gasteiger partial charge in [-0.2, -0.15) is 0 Å². The third-order valence-corrected chi connectivity index (χ3v) is 5.64. The first-order valence-electron chi connectivity index (χ1n) is 9.48. The van der Waals surface area contributed by atoms with E-state index in [-0.39, 0.29) is 29.7 Å². The predicted molar refractivity (Wildman–Crippen MR) is 101 cm³/mol. The van der Waals surface area contributed by atoms with Crippen molar-refractivity contribution < 1.29 is 19.1 Å². The van der Waals surface area contributed by atoms with Crippen molar-refractivity contribution in [3.63, 3.8) is 0 Å². The molecule has 2 heterocycles. The van der Waals surface area contributed by atoms with Crippen molar-refractivity contribution in [2.45, 2.75) is 39.3 Å². The summed E-state index contributed by atoms with van der Waals surface area (Å²) < 4.78 is 4.81. The number of anilines is 1. The zero-order valence-corrected chi connectivity index (χ0v) is 16.1. The molecule has 0 aliphatic carbocycles. The van der Waals surface area contributed by atoms with Gasteiger partial charge in [0.2, 0.25) is 5.91 Å². The van der Waals surface area contributed by atoms with Crippen molar-refractivity contribution in [1.82, 2.24) is 9.80 Å². The van der Waals surface area contributed by atoms with Crippen molar-refractivity contribution in [3.05, 3.63) is 29.8 Å². The minimum absolute atomic E-state index is 0.0160. The van der Waals surface area contributed by atoms with E-state index in [0.717, 1.165) is 17.7 Å². The zero-order chi connectivity index (χ0) is 19.6. The highest BCUT2D eigenvalue weighted by Gasteiger charge is 2.41. The molecule has 0 unspecified atom stereocenters. The summed E-state index contributed by atoms with van der Waals surface area (Å²) in [6.07, 6.45) is 1.37. The van der Waals surface area contributed by atoms with Crippen LogP contribution in [0.2, 0.25) is 0 Å². The highest BCUT2D eigenvalue weighted by molar-refractivity contribution is 5.99. The Morgan fingerprint density at radius 2 is 2.07 bits per heavy atom. The summed E-state index contributed by atoms with van der Waals surface area (Å²) in [7, 11) is 1.36. The van der Waals surface area contributed by atoms with Gasteiger partial charge in [0.25, 0.3) is 0 Å². The van der Waals surface area contributed by atoms with Gasteiger partial charge in [0.1, 0.15) is 6.04 Å². The number of carbonyl (C=O) groups is 3. The minimum Gasteiger partial charge on any atom is -0.469 e. The van der Waals surface area contributed by atoms with Crippen LogP contribution in [-0.2, 0) is 20.9 Å². The Hall–Kier alpha value is -2.57. The van der Waals surface area contributed by atoms with Crippen LogP contribution < -0.4 is 5.32 Å². The third kappa shape index (κ3) is 3.77. The summed E-state index contributed by atoms with van der Waals surface area (Å²) >= 11 is 0. The molecule has 3 amide bonds. The Morgan fingerprint density at radius 3 is 2.78 bits per heavy atom. The van der Waals surface area contributed by atoms with E-state index < -0.39 is 6.04 Å². The number of hydrogen-bond acceptors (Lipinski definition) is 4. The molecule has 27 heavy (non-hydrogen) atoms. The molecule has 1 saturated heterocycles. The third-order valence-electron chi connectivity index (χ3n) is 5.64. The van der Waals surface area contributed by atoms with Gasteiger partial charge in [0, 0.05) is 18.8 Å². The lowest BCUT2D eigenvalue weighted by atomic mass is 9.97. The van der Waals surface area contributed by atoms with E-state index in [9.17, 15) is 14.4 Å². The quantitative estimate of drug-likeness (QED) is 0.826. The lowest BCUT2D eigenvalue weighted by Gasteiger charge is -2.35. The Bertz CT molecular complexity index is 736. The first-order valence-corrected chi connectivity index (χ1v) is 9.48. The number of carbonyl (C=O) groups excluding carboxylic acids is 3. The van der Waals surface area contributed by atoms with E-state index in [1.54, 1.807) is 9.80 Å². The highest BCUT2D eigenvalue weighted by atomic mass is 16.5. The number of methoxy groups -OCH3 is 1. The van der Waals surface area contributed by atoms with Gasteiger partial charge < -0.3 is 19.9 Å².